The van der Waals surface area contributed by atoms with E-state index in [0.717, 1.165) is 36.8 Å². The predicted octanol–water partition coefficient (Wildman–Crippen LogP) is 4.32. The number of nitrogens with one attached hydrogen (secondary N) is 1. The lowest BCUT2D eigenvalue weighted by molar-refractivity contribution is -0.141. The molecule has 0 radical (unpaired) electrons. The van der Waals surface area contributed by atoms with Crippen LogP contribution in [0.4, 0.5) is 0 Å². The zero-order valence-corrected chi connectivity index (χ0v) is 23.0. The van der Waals surface area contributed by atoms with Crippen molar-refractivity contribution in [2.24, 2.45) is 0 Å². The summed E-state index contributed by atoms with van der Waals surface area (Å²) in [4.78, 5) is 29.9. The van der Waals surface area contributed by atoms with E-state index in [9.17, 15) is 9.59 Å². The largest absolute Gasteiger partial charge is 0.497 e. The number of carbonyl (C=O) groups is 2. The van der Waals surface area contributed by atoms with Gasteiger partial charge in [0.25, 0.3) is 0 Å². The molecular formula is C31H35N5O4. The van der Waals surface area contributed by atoms with Crippen molar-refractivity contribution < 1.29 is 19.1 Å². The molecule has 3 aromatic carbocycles. The summed E-state index contributed by atoms with van der Waals surface area (Å²) in [6.45, 7) is 0.272. The minimum atomic E-state index is -0.910. The minimum absolute atomic E-state index is 0.0546. The van der Waals surface area contributed by atoms with Gasteiger partial charge in [0.2, 0.25) is 11.8 Å². The summed E-state index contributed by atoms with van der Waals surface area (Å²) in [5.74, 6) is 0.623. The molecule has 0 unspecified atom stereocenters. The van der Waals surface area contributed by atoms with Gasteiger partial charge < -0.3 is 19.7 Å². The molecule has 1 N–H and O–H groups in total. The standard InChI is InChI=1S/C31H35N5O4/c1-39-24-16-17-25(28(20-24)40-2)30(31(38)32-23-12-6-7-13-23)35(19-18-22-10-4-3-5-11-22)29(37)21-36-27-15-9-8-14-26(27)33-34-36/h3-5,8-11,14-17,20,23,30H,6-7,12-13,18-19,21H2,1-2H3,(H,32,38)/t30-/m0/s1. The number of amides is 2. The second-order valence-electron chi connectivity index (χ2n) is 10.1. The van der Waals surface area contributed by atoms with Crippen LogP contribution in [0.1, 0.15) is 42.9 Å². The highest BCUT2D eigenvalue weighted by Gasteiger charge is 2.35. The zero-order valence-electron chi connectivity index (χ0n) is 23.0. The second kappa shape index (κ2) is 12.6. The maximum Gasteiger partial charge on any atom is 0.247 e. The monoisotopic (exact) mass is 541 g/mol. The fourth-order valence-electron chi connectivity index (χ4n) is 5.39. The first-order valence-corrected chi connectivity index (χ1v) is 13.7. The van der Waals surface area contributed by atoms with E-state index in [1.54, 1.807) is 35.9 Å². The molecule has 9 heteroatoms. The normalized spacial score (nSPS) is 14.2. The first-order chi connectivity index (χ1) is 19.6. The topological polar surface area (TPSA) is 98.6 Å². The summed E-state index contributed by atoms with van der Waals surface area (Å²) in [7, 11) is 3.14. The Balaban J connectivity index is 1.54. The zero-order chi connectivity index (χ0) is 27.9. The molecule has 4 aromatic rings. The van der Waals surface area contributed by atoms with Gasteiger partial charge in [-0.05, 0) is 49.1 Å². The molecule has 1 heterocycles. The molecule has 1 saturated carbocycles. The Labute approximate surface area is 234 Å². The number of carbonyl (C=O) groups excluding carboxylic acids is 2. The number of hydrogen-bond acceptors (Lipinski definition) is 6. The highest BCUT2D eigenvalue weighted by molar-refractivity contribution is 5.90. The van der Waals surface area contributed by atoms with Gasteiger partial charge in [-0.2, -0.15) is 0 Å². The van der Waals surface area contributed by atoms with E-state index in [2.05, 4.69) is 15.6 Å². The van der Waals surface area contributed by atoms with E-state index in [1.165, 1.54) is 0 Å². The molecule has 1 aromatic heterocycles. The van der Waals surface area contributed by atoms with Gasteiger partial charge in [0.15, 0.2) is 0 Å². The van der Waals surface area contributed by atoms with Crippen LogP contribution in [0, 0.1) is 0 Å². The number of hydrogen-bond donors (Lipinski definition) is 1. The van der Waals surface area contributed by atoms with Crippen LogP contribution < -0.4 is 14.8 Å². The van der Waals surface area contributed by atoms with Gasteiger partial charge >= 0.3 is 0 Å². The quantitative estimate of drug-likeness (QED) is 0.304. The number of methoxy groups -OCH3 is 2. The van der Waals surface area contributed by atoms with Gasteiger partial charge in [-0.25, -0.2) is 4.68 Å². The Morgan fingerprint density at radius 2 is 1.75 bits per heavy atom. The van der Waals surface area contributed by atoms with Crippen molar-refractivity contribution in [1.82, 2.24) is 25.2 Å². The van der Waals surface area contributed by atoms with Crippen LogP contribution >= 0.6 is 0 Å². The predicted molar refractivity (Wildman–Crippen MR) is 152 cm³/mol. The van der Waals surface area contributed by atoms with E-state index in [4.69, 9.17) is 9.47 Å². The van der Waals surface area contributed by atoms with Crippen molar-refractivity contribution in [2.75, 3.05) is 20.8 Å². The first kappa shape index (κ1) is 27.2. The van der Waals surface area contributed by atoms with Crippen LogP contribution in [0.5, 0.6) is 11.5 Å². The first-order valence-electron chi connectivity index (χ1n) is 13.7. The molecule has 0 spiro atoms. The lowest BCUT2D eigenvalue weighted by Crippen LogP contribution is -2.47. The lowest BCUT2D eigenvalue weighted by atomic mass is 10.0. The number of para-hydroxylation sites is 1. The van der Waals surface area contributed by atoms with Gasteiger partial charge in [-0.3, -0.25) is 9.59 Å². The number of ether oxygens (including phenoxy) is 2. The van der Waals surface area contributed by atoms with Gasteiger partial charge in [0.1, 0.15) is 29.6 Å². The van der Waals surface area contributed by atoms with Crippen molar-refractivity contribution in [2.45, 2.75) is 50.7 Å². The number of aromatic nitrogens is 3. The van der Waals surface area contributed by atoms with Gasteiger partial charge in [-0.15, -0.1) is 5.10 Å². The molecule has 0 aliphatic heterocycles. The second-order valence-corrected chi connectivity index (χ2v) is 10.1. The molecule has 0 saturated heterocycles. The van der Waals surface area contributed by atoms with Crippen LogP contribution in [-0.2, 0) is 22.6 Å². The van der Waals surface area contributed by atoms with Crippen LogP contribution in [0.3, 0.4) is 0 Å². The summed E-state index contributed by atoms with van der Waals surface area (Å²) >= 11 is 0. The summed E-state index contributed by atoms with van der Waals surface area (Å²) < 4.78 is 12.7. The van der Waals surface area contributed by atoms with Crippen molar-refractivity contribution in [3.05, 3.63) is 83.9 Å². The van der Waals surface area contributed by atoms with Gasteiger partial charge in [0, 0.05) is 24.2 Å². The highest BCUT2D eigenvalue weighted by atomic mass is 16.5. The minimum Gasteiger partial charge on any atom is -0.497 e. The highest BCUT2D eigenvalue weighted by Crippen LogP contribution is 2.34. The molecule has 2 amide bonds. The third kappa shape index (κ3) is 6.09. The smallest absolute Gasteiger partial charge is 0.247 e. The van der Waals surface area contributed by atoms with Gasteiger partial charge in [-0.1, -0.05) is 60.5 Å². The average Bonchev–Trinajstić information content (AvgIpc) is 3.65. The number of rotatable bonds is 11. The number of benzene rings is 3. The van der Waals surface area contributed by atoms with Crippen molar-refractivity contribution in [3.8, 4) is 11.5 Å². The summed E-state index contributed by atoms with van der Waals surface area (Å²) in [5, 5.41) is 11.7. The third-order valence-corrected chi connectivity index (χ3v) is 7.51. The fourth-order valence-corrected chi connectivity index (χ4v) is 5.39. The Bertz CT molecular complexity index is 1450. The van der Waals surface area contributed by atoms with Crippen molar-refractivity contribution in [3.63, 3.8) is 0 Å². The number of fused-ring (bicyclic) bond motifs is 1. The Morgan fingerprint density at radius 3 is 2.50 bits per heavy atom. The molecule has 1 atom stereocenters. The van der Waals surface area contributed by atoms with Crippen LogP contribution in [0.2, 0.25) is 0 Å². The van der Waals surface area contributed by atoms with E-state index in [0.29, 0.717) is 35.5 Å². The van der Waals surface area contributed by atoms with E-state index >= 15 is 0 Å². The average molecular weight is 542 g/mol. The van der Waals surface area contributed by atoms with Crippen LogP contribution in [-0.4, -0.2) is 58.5 Å². The Morgan fingerprint density at radius 1 is 1.00 bits per heavy atom. The Kier molecular flexibility index (Phi) is 8.59. The summed E-state index contributed by atoms with van der Waals surface area (Å²) in [5.41, 5.74) is 3.14. The molecular weight excluding hydrogens is 506 g/mol. The SMILES string of the molecule is COc1ccc([C@@H](C(=O)NC2CCCC2)N(CCc2ccccc2)C(=O)Cn2nnc3ccccc32)c(OC)c1. The van der Waals surface area contributed by atoms with E-state index in [1.807, 2.05) is 60.7 Å². The number of nitrogens with zero attached hydrogens (tertiary/aromatic N) is 4. The van der Waals surface area contributed by atoms with Gasteiger partial charge in [0.05, 0.1) is 19.7 Å². The summed E-state index contributed by atoms with van der Waals surface area (Å²) in [6, 6.07) is 22.0. The molecule has 1 fully saturated rings. The molecule has 0 bridgehead atoms. The van der Waals surface area contributed by atoms with Crippen molar-refractivity contribution in [1.29, 1.82) is 0 Å². The van der Waals surface area contributed by atoms with E-state index in [-0.39, 0.29) is 24.4 Å². The molecule has 1 aliphatic rings. The Hall–Kier alpha value is -4.40. The van der Waals surface area contributed by atoms with Crippen LogP contribution in [0.25, 0.3) is 11.0 Å². The lowest BCUT2D eigenvalue weighted by Gasteiger charge is -2.33. The molecule has 9 nitrogen and oxygen atoms in total. The van der Waals surface area contributed by atoms with E-state index < -0.39 is 6.04 Å². The van der Waals surface area contributed by atoms with Crippen LogP contribution in [0.15, 0.2) is 72.8 Å². The molecule has 208 valence electrons. The summed E-state index contributed by atoms with van der Waals surface area (Å²) in [6.07, 6.45) is 4.60. The maximum atomic E-state index is 14.1. The molecule has 40 heavy (non-hydrogen) atoms. The molecule has 5 rings (SSSR count). The third-order valence-electron chi connectivity index (χ3n) is 7.51. The van der Waals surface area contributed by atoms with Crippen molar-refractivity contribution >= 4 is 22.8 Å². The molecule has 1 aliphatic carbocycles. The fraction of sp³-hybridized carbons (Fsp3) is 0.355. The maximum absolute atomic E-state index is 14.1.